The number of rotatable bonds is 3. The van der Waals surface area contributed by atoms with Crippen molar-refractivity contribution in [3.05, 3.63) is 81.8 Å². The Morgan fingerprint density at radius 2 is 1.80 bits per heavy atom. The Balaban J connectivity index is 1.53. The molecular weight excluding hydrogens is 441 g/mol. The largest absolute Gasteiger partial charge is 0.436 e. The molecule has 3 aromatic carbocycles. The number of amides is 1. The van der Waals surface area contributed by atoms with Gasteiger partial charge in [-0.05, 0) is 79.3 Å². The van der Waals surface area contributed by atoms with E-state index in [1.165, 1.54) is 0 Å². The molecule has 4 rings (SSSR count). The van der Waals surface area contributed by atoms with Crippen LogP contribution in [0.15, 0.2) is 65.1 Å². The number of fused-ring (bicyclic) bond motifs is 1. The number of carbonyl (C=O) groups excluding carboxylic acids is 1. The molecule has 150 valence electrons. The first-order chi connectivity index (χ1) is 14.4. The van der Waals surface area contributed by atoms with Crippen LogP contribution in [-0.2, 0) is 0 Å². The second-order valence-electron chi connectivity index (χ2n) is 6.60. The predicted molar refractivity (Wildman–Crippen MR) is 124 cm³/mol. The second-order valence-corrected chi connectivity index (χ2v) is 7.85. The molecule has 0 spiro atoms. The standard InChI is InChI=1S/C22H15Cl2N3O2S/c1-12-2-9-19-18(10-12)26-21(29-19)16-11-15(7-8-17(16)24)25-22(30)27-20(28)13-3-5-14(23)6-4-13/h2-11H,1H3,(H2,25,27,28,30). The number of oxazole rings is 1. The van der Waals surface area contributed by atoms with E-state index < -0.39 is 0 Å². The molecule has 1 amide bonds. The van der Waals surface area contributed by atoms with E-state index in [0.717, 1.165) is 11.1 Å². The maximum Gasteiger partial charge on any atom is 0.257 e. The lowest BCUT2D eigenvalue weighted by molar-refractivity contribution is 0.0977. The van der Waals surface area contributed by atoms with E-state index >= 15 is 0 Å². The Labute approximate surface area is 188 Å². The zero-order valence-electron chi connectivity index (χ0n) is 15.7. The minimum Gasteiger partial charge on any atom is -0.436 e. The molecule has 0 fully saturated rings. The van der Waals surface area contributed by atoms with Crippen molar-refractivity contribution in [3.63, 3.8) is 0 Å². The maximum atomic E-state index is 12.3. The van der Waals surface area contributed by atoms with E-state index in [9.17, 15) is 4.79 Å². The van der Waals surface area contributed by atoms with Crippen molar-refractivity contribution >= 4 is 63.2 Å². The van der Waals surface area contributed by atoms with Crippen molar-refractivity contribution in [2.75, 3.05) is 5.32 Å². The summed E-state index contributed by atoms with van der Waals surface area (Å²) >= 11 is 17.5. The zero-order chi connectivity index (χ0) is 21.3. The van der Waals surface area contributed by atoms with Crippen molar-refractivity contribution in [3.8, 4) is 11.5 Å². The van der Waals surface area contributed by atoms with Gasteiger partial charge >= 0.3 is 0 Å². The van der Waals surface area contributed by atoms with Crippen molar-refractivity contribution < 1.29 is 9.21 Å². The van der Waals surface area contributed by atoms with Gasteiger partial charge in [-0.1, -0.05) is 29.3 Å². The van der Waals surface area contributed by atoms with Crippen molar-refractivity contribution in [2.24, 2.45) is 0 Å². The molecule has 0 atom stereocenters. The Bertz CT molecular complexity index is 1270. The van der Waals surface area contributed by atoms with E-state index in [1.807, 2.05) is 25.1 Å². The van der Waals surface area contributed by atoms with Crippen molar-refractivity contribution in [1.82, 2.24) is 10.3 Å². The molecule has 0 saturated heterocycles. The van der Waals surface area contributed by atoms with E-state index in [1.54, 1.807) is 42.5 Å². The first kappa shape index (κ1) is 20.3. The van der Waals surface area contributed by atoms with Crippen LogP contribution >= 0.6 is 35.4 Å². The lowest BCUT2D eigenvalue weighted by atomic mass is 10.2. The summed E-state index contributed by atoms with van der Waals surface area (Å²) in [5.74, 6) is 0.0630. The predicted octanol–water partition coefficient (Wildman–Crippen LogP) is 6.24. The molecule has 2 N–H and O–H groups in total. The zero-order valence-corrected chi connectivity index (χ0v) is 18.0. The quantitative estimate of drug-likeness (QED) is 0.358. The average Bonchev–Trinajstić information content (AvgIpc) is 3.12. The molecule has 1 aromatic heterocycles. The highest BCUT2D eigenvalue weighted by atomic mass is 35.5. The Kier molecular flexibility index (Phi) is 5.72. The van der Waals surface area contributed by atoms with Crippen LogP contribution in [0.2, 0.25) is 10.0 Å². The molecule has 0 aliphatic rings. The number of aryl methyl sites for hydroxylation is 1. The molecule has 0 unspecified atom stereocenters. The van der Waals surface area contributed by atoms with Gasteiger partial charge in [-0.2, -0.15) is 0 Å². The van der Waals surface area contributed by atoms with E-state index in [4.69, 9.17) is 39.8 Å². The Morgan fingerprint density at radius 3 is 2.57 bits per heavy atom. The number of anilines is 1. The number of aromatic nitrogens is 1. The lowest BCUT2D eigenvalue weighted by Gasteiger charge is -2.11. The van der Waals surface area contributed by atoms with Crippen LogP contribution in [0.25, 0.3) is 22.6 Å². The summed E-state index contributed by atoms with van der Waals surface area (Å²) in [5.41, 5.74) is 4.21. The van der Waals surface area contributed by atoms with Crippen LogP contribution in [0.3, 0.4) is 0 Å². The summed E-state index contributed by atoms with van der Waals surface area (Å²) in [6, 6.07) is 17.5. The van der Waals surface area contributed by atoms with Gasteiger partial charge in [0.1, 0.15) is 5.52 Å². The third-order valence-electron chi connectivity index (χ3n) is 4.33. The first-order valence-electron chi connectivity index (χ1n) is 8.94. The van der Waals surface area contributed by atoms with Gasteiger partial charge in [0.05, 0.1) is 10.6 Å². The van der Waals surface area contributed by atoms with Crippen LogP contribution in [-0.4, -0.2) is 16.0 Å². The normalized spacial score (nSPS) is 10.8. The van der Waals surface area contributed by atoms with Gasteiger partial charge in [-0.15, -0.1) is 0 Å². The summed E-state index contributed by atoms with van der Waals surface area (Å²) in [4.78, 5) is 16.8. The molecule has 8 heteroatoms. The van der Waals surface area contributed by atoms with Crippen LogP contribution in [0.1, 0.15) is 15.9 Å². The van der Waals surface area contributed by atoms with Gasteiger partial charge in [0.2, 0.25) is 5.89 Å². The fourth-order valence-electron chi connectivity index (χ4n) is 2.86. The van der Waals surface area contributed by atoms with Crippen molar-refractivity contribution in [2.45, 2.75) is 6.92 Å². The highest BCUT2D eigenvalue weighted by Crippen LogP contribution is 2.32. The number of thiocarbonyl (C=S) groups is 1. The number of carbonyl (C=O) groups is 1. The molecule has 0 aliphatic carbocycles. The monoisotopic (exact) mass is 455 g/mol. The van der Waals surface area contributed by atoms with Gasteiger partial charge in [0.15, 0.2) is 10.7 Å². The van der Waals surface area contributed by atoms with Crippen LogP contribution < -0.4 is 10.6 Å². The van der Waals surface area contributed by atoms with E-state index in [-0.39, 0.29) is 11.0 Å². The molecule has 4 aromatic rings. The minimum atomic E-state index is -0.340. The second kappa shape index (κ2) is 8.44. The Hall–Kier alpha value is -2.93. The van der Waals surface area contributed by atoms with Crippen LogP contribution in [0.5, 0.6) is 0 Å². The van der Waals surface area contributed by atoms with Gasteiger partial charge in [-0.3, -0.25) is 10.1 Å². The number of nitrogens with one attached hydrogen (secondary N) is 2. The van der Waals surface area contributed by atoms with Crippen LogP contribution in [0.4, 0.5) is 5.69 Å². The molecule has 30 heavy (non-hydrogen) atoms. The fraction of sp³-hybridized carbons (Fsp3) is 0.0455. The SMILES string of the molecule is Cc1ccc2oc(-c3cc(NC(=S)NC(=O)c4ccc(Cl)cc4)ccc3Cl)nc2c1. The van der Waals surface area contributed by atoms with Gasteiger partial charge in [-0.25, -0.2) is 4.98 Å². The number of halogens is 2. The first-order valence-corrected chi connectivity index (χ1v) is 10.1. The summed E-state index contributed by atoms with van der Waals surface area (Å²) in [7, 11) is 0. The highest BCUT2D eigenvalue weighted by molar-refractivity contribution is 7.80. The number of benzene rings is 3. The third kappa shape index (κ3) is 4.46. The summed E-state index contributed by atoms with van der Waals surface area (Å²) < 4.78 is 5.85. The summed E-state index contributed by atoms with van der Waals surface area (Å²) in [6.07, 6.45) is 0. The molecule has 1 heterocycles. The van der Waals surface area contributed by atoms with Gasteiger partial charge in [0, 0.05) is 16.3 Å². The van der Waals surface area contributed by atoms with E-state index in [0.29, 0.717) is 38.3 Å². The minimum absolute atomic E-state index is 0.149. The number of hydrogen-bond acceptors (Lipinski definition) is 4. The van der Waals surface area contributed by atoms with Crippen LogP contribution in [0, 0.1) is 6.92 Å². The molecule has 5 nitrogen and oxygen atoms in total. The molecule has 0 aliphatic heterocycles. The molecule has 0 radical (unpaired) electrons. The van der Waals surface area contributed by atoms with E-state index in [2.05, 4.69) is 15.6 Å². The maximum absolute atomic E-state index is 12.3. The third-order valence-corrected chi connectivity index (χ3v) is 5.12. The van der Waals surface area contributed by atoms with Gasteiger partial charge in [0.25, 0.3) is 5.91 Å². The smallest absolute Gasteiger partial charge is 0.257 e. The number of nitrogens with zero attached hydrogens (tertiary/aromatic N) is 1. The summed E-state index contributed by atoms with van der Waals surface area (Å²) in [5, 5.41) is 6.80. The Morgan fingerprint density at radius 1 is 1.03 bits per heavy atom. The molecule has 0 bridgehead atoms. The lowest BCUT2D eigenvalue weighted by Crippen LogP contribution is -2.34. The summed E-state index contributed by atoms with van der Waals surface area (Å²) in [6.45, 7) is 1.99. The van der Waals surface area contributed by atoms with Crippen molar-refractivity contribution in [1.29, 1.82) is 0 Å². The fourth-order valence-corrected chi connectivity index (χ4v) is 3.39. The topological polar surface area (TPSA) is 67.2 Å². The van der Waals surface area contributed by atoms with Gasteiger partial charge < -0.3 is 9.73 Å². The number of hydrogen-bond donors (Lipinski definition) is 2. The molecule has 0 saturated carbocycles. The molecular formula is C22H15Cl2N3O2S. The highest BCUT2D eigenvalue weighted by Gasteiger charge is 2.14. The average molecular weight is 456 g/mol.